The molecule has 0 amide bonds. The number of para-hydroxylation sites is 2. The Balaban J connectivity index is 3.20. The van der Waals surface area contributed by atoms with Crippen LogP contribution in [0.1, 0.15) is 0 Å². The van der Waals surface area contributed by atoms with Gasteiger partial charge in [0.25, 0.3) is 0 Å². The molecule has 72 valence electrons. The Hall–Kier alpha value is -0.940. The molecule has 4 nitrogen and oxygen atoms in total. The highest BCUT2D eigenvalue weighted by molar-refractivity contribution is 5.59. The van der Waals surface area contributed by atoms with Crippen LogP contribution in [0, 0.1) is 0 Å². The summed E-state index contributed by atoms with van der Waals surface area (Å²) in [6, 6.07) is 7.56. The van der Waals surface area contributed by atoms with Gasteiger partial charge in [0.05, 0.1) is 21.1 Å². The van der Waals surface area contributed by atoms with Crippen molar-refractivity contribution < 1.29 is 5.01 Å². The number of benzene rings is 1. The molecular formula is C9H16N4. The van der Waals surface area contributed by atoms with Crippen LogP contribution in [0.25, 0.3) is 11.7 Å². The van der Waals surface area contributed by atoms with E-state index in [2.05, 4.69) is 0 Å². The Kier molecular flexibility index (Phi) is 2.68. The maximum atomic E-state index is 7.85. The molecule has 4 heteroatoms. The van der Waals surface area contributed by atoms with Crippen molar-refractivity contribution in [2.75, 3.05) is 21.1 Å². The van der Waals surface area contributed by atoms with Crippen LogP contribution in [-0.2, 0) is 0 Å². The van der Waals surface area contributed by atoms with Gasteiger partial charge in [0, 0.05) is 12.1 Å². The van der Waals surface area contributed by atoms with Crippen LogP contribution in [0.15, 0.2) is 24.3 Å². The number of hydrogen-bond donors (Lipinski definition) is 1. The first-order chi connectivity index (χ1) is 5.93. The fourth-order valence-corrected chi connectivity index (χ4v) is 1.28. The van der Waals surface area contributed by atoms with Gasteiger partial charge >= 0.3 is 0 Å². The molecule has 0 saturated carbocycles. The number of quaternary nitrogens is 2. The summed E-state index contributed by atoms with van der Waals surface area (Å²) in [6.45, 7) is 0. The molecular weight excluding hydrogens is 164 g/mol. The summed E-state index contributed by atoms with van der Waals surface area (Å²) < 4.78 is 0.00634. The second-order valence-corrected chi connectivity index (χ2v) is 3.60. The van der Waals surface area contributed by atoms with E-state index in [0.29, 0.717) is 5.01 Å². The highest BCUT2D eigenvalue weighted by Gasteiger charge is 2.15. The number of rotatable bonds is 2. The zero-order valence-corrected chi connectivity index (χ0v) is 8.26. The average molecular weight is 180 g/mol. The van der Waals surface area contributed by atoms with Gasteiger partial charge in [-0.1, -0.05) is 12.1 Å². The van der Waals surface area contributed by atoms with Gasteiger partial charge in [0.1, 0.15) is 0 Å². The smallest absolute Gasteiger partial charge is 0.183 e. The largest absolute Gasteiger partial charge is 0.464 e. The topological polar surface area (TPSA) is 52.0 Å². The standard InChI is InChI=1S/C9H16N4/c1-12(10)8-6-4-5-7-9(8)13(2,3)11/h4-7,10-12H,1-3H3. The molecule has 3 N–H and O–H groups in total. The first-order valence-electron chi connectivity index (χ1n) is 4.17. The third-order valence-corrected chi connectivity index (χ3v) is 1.91. The van der Waals surface area contributed by atoms with Crippen molar-refractivity contribution in [1.29, 1.82) is 0 Å². The minimum Gasteiger partial charge on any atom is -0.464 e. The second kappa shape index (κ2) is 3.43. The summed E-state index contributed by atoms with van der Waals surface area (Å²) in [5.74, 6) is 15.4. The highest BCUT2D eigenvalue weighted by Crippen LogP contribution is 2.25. The number of nitrogens with one attached hydrogen (secondary N) is 3. The SMILES string of the molecule is C[NH+]([NH-])c1ccccc1[N+](C)(C)[NH-]. The quantitative estimate of drug-likeness (QED) is 0.527. The van der Waals surface area contributed by atoms with Gasteiger partial charge in [-0.25, -0.2) is 0 Å². The van der Waals surface area contributed by atoms with Crippen molar-refractivity contribution in [3.63, 3.8) is 0 Å². The van der Waals surface area contributed by atoms with Crippen LogP contribution in [0.3, 0.4) is 0 Å². The van der Waals surface area contributed by atoms with Gasteiger partial charge in [-0.05, 0) is 0 Å². The summed E-state index contributed by atoms with van der Waals surface area (Å²) in [4.78, 5) is 0. The van der Waals surface area contributed by atoms with Crippen LogP contribution in [0.2, 0.25) is 0 Å². The Labute approximate surface area is 78.9 Å². The molecule has 1 aromatic rings. The van der Waals surface area contributed by atoms with Gasteiger partial charge in [-0.3, -0.25) is 0 Å². The molecule has 1 rings (SSSR count). The number of hydrogen-bond acceptors (Lipinski definition) is 0. The van der Waals surface area contributed by atoms with Crippen LogP contribution in [0.5, 0.6) is 0 Å². The lowest BCUT2D eigenvalue weighted by Crippen LogP contribution is -2.96. The van der Waals surface area contributed by atoms with Crippen molar-refractivity contribution in [3.05, 3.63) is 36.0 Å². The molecule has 1 atom stereocenters. The maximum Gasteiger partial charge on any atom is 0.183 e. The van der Waals surface area contributed by atoms with Crippen LogP contribution in [-0.4, -0.2) is 21.1 Å². The van der Waals surface area contributed by atoms with Gasteiger partial charge in [-0.2, -0.15) is 0 Å². The molecule has 0 aliphatic rings. The van der Waals surface area contributed by atoms with E-state index in [0.717, 1.165) is 11.4 Å². The Morgan fingerprint density at radius 1 is 1.23 bits per heavy atom. The molecule has 1 unspecified atom stereocenters. The van der Waals surface area contributed by atoms with Crippen molar-refractivity contribution in [1.82, 2.24) is 4.59 Å². The molecule has 0 fully saturated rings. The molecule has 1 aromatic carbocycles. The van der Waals surface area contributed by atoms with Crippen LogP contribution >= 0.6 is 0 Å². The fourth-order valence-electron chi connectivity index (χ4n) is 1.28. The maximum absolute atomic E-state index is 7.85. The monoisotopic (exact) mass is 180 g/mol. The van der Waals surface area contributed by atoms with Crippen molar-refractivity contribution >= 4 is 11.4 Å². The molecule has 0 aromatic heterocycles. The lowest BCUT2D eigenvalue weighted by Gasteiger charge is -2.34. The summed E-state index contributed by atoms with van der Waals surface area (Å²) in [5.41, 5.74) is 1.71. The molecule has 0 aliphatic carbocycles. The molecule has 0 bridgehead atoms. The Bertz CT molecular complexity index is 288. The lowest BCUT2D eigenvalue weighted by molar-refractivity contribution is -0.751. The Morgan fingerprint density at radius 2 is 1.77 bits per heavy atom. The zero-order chi connectivity index (χ0) is 10.1. The minimum absolute atomic E-state index is 0.00634. The van der Waals surface area contributed by atoms with Crippen LogP contribution < -0.4 is 9.60 Å². The van der Waals surface area contributed by atoms with E-state index >= 15 is 0 Å². The van der Waals surface area contributed by atoms with E-state index in [1.165, 1.54) is 0 Å². The molecule has 0 saturated heterocycles. The molecule has 13 heavy (non-hydrogen) atoms. The third kappa shape index (κ3) is 2.26. The second-order valence-electron chi connectivity index (χ2n) is 3.60. The van der Waals surface area contributed by atoms with E-state index in [9.17, 15) is 0 Å². The number of nitrogens with zero attached hydrogens (tertiary/aromatic N) is 1. The summed E-state index contributed by atoms with van der Waals surface area (Å²) in [6.07, 6.45) is 0. The predicted molar refractivity (Wildman–Crippen MR) is 55.3 cm³/mol. The molecule has 0 radical (unpaired) electrons. The fraction of sp³-hybridized carbons (Fsp3) is 0.333. The lowest BCUT2D eigenvalue weighted by atomic mass is 10.2. The van der Waals surface area contributed by atoms with Gasteiger partial charge in [-0.15, -0.1) is 0 Å². The first kappa shape index (κ1) is 10.1. The third-order valence-electron chi connectivity index (χ3n) is 1.91. The zero-order valence-electron chi connectivity index (χ0n) is 8.26. The molecule has 0 heterocycles. The predicted octanol–water partition coefficient (Wildman–Crippen LogP) is 1.33. The molecule has 0 spiro atoms. The van der Waals surface area contributed by atoms with Gasteiger partial charge in [0.15, 0.2) is 11.4 Å². The normalized spacial score (nSPS) is 14.2. The van der Waals surface area contributed by atoms with Crippen LogP contribution in [0.4, 0.5) is 11.4 Å². The first-order valence-corrected chi connectivity index (χ1v) is 4.17. The van der Waals surface area contributed by atoms with E-state index in [4.69, 9.17) is 11.7 Å². The van der Waals surface area contributed by atoms with Crippen molar-refractivity contribution in [2.24, 2.45) is 0 Å². The van der Waals surface area contributed by atoms with E-state index in [1.807, 2.05) is 24.3 Å². The van der Waals surface area contributed by atoms with Crippen molar-refractivity contribution in [3.8, 4) is 0 Å². The van der Waals surface area contributed by atoms with E-state index < -0.39 is 0 Å². The summed E-state index contributed by atoms with van der Waals surface area (Å²) >= 11 is 0. The highest BCUT2D eigenvalue weighted by atomic mass is 15.6. The van der Waals surface area contributed by atoms with Gasteiger partial charge in [0.2, 0.25) is 0 Å². The van der Waals surface area contributed by atoms with Crippen molar-refractivity contribution in [2.45, 2.75) is 0 Å². The molecule has 0 aliphatic heterocycles. The van der Waals surface area contributed by atoms with E-state index in [1.54, 1.807) is 21.1 Å². The summed E-state index contributed by atoms with van der Waals surface area (Å²) in [5, 5.41) is 0.508. The van der Waals surface area contributed by atoms with Gasteiger partial charge < -0.3 is 21.3 Å². The minimum atomic E-state index is 0.00634. The van der Waals surface area contributed by atoms with E-state index in [-0.39, 0.29) is 4.59 Å². The Morgan fingerprint density at radius 3 is 2.15 bits per heavy atom. The summed E-state index contributed by atoms with van der Waals surface area (Å²) in [7, 11) is 5.30. The average Bonchev–Trinajstić information content (AvgIpc) is 2.03.